The van der Waals surface area contributed by atoms with Crippen molar-refractivity contribution in [1.29, 1.82) is 15.8 Å². The lowest BCUT2D eigenvalue weighted by Gasteiger charge is -2.46. The van der Waals surface area contributed by atoms with Crippen LogP contribution in [0.15, 0.2) is 82.3 Å². The average Bonchev–Trinajstić information content (AvgIpc) is 1.55. The molecule has 16 rings (SSSR count). The number of ether oxygens (including phenoxy) is 8. The van der Waals surface area contributed by atoms with E-state index < -0.39 is 27.6 Å². The van der Waals surface area contributed by atoms with Gasteiger partial charge in [-0.3, -0.25) is 38.8 Å². The molecule has 0 radical (unpaired) electrons. The van der Waals surface area contributed by atoms with E-state index in [4.69, 9.17) is 71.2 Å². The highest BCUT2D eigenvalue weighted by atomic mass is 79.9. The number of carbonyl (C=O) groups excluding carboxylic acids is 6. The number of nitrogens with two attached hydrogens (primary N) is 2. The summed E-state index contributed by atoms with van der Waals surface area (Å²) in [5, 5.41) is 51.8. The fraction of sp³-hybridized carbons (Fsp3) is 0.588. The molecule has 12 aliphatic rings. The van der Waals surface area contributed by atoms with Crippen molar-refractivity contribution < 1.29 is 77.0 Å². The first-order chi connectivity index (χ1) is 55.5. The molecule has 626 valence electrons. The van der Waals surface area contributed by atoms with Crippen LogP contribution < -0.4 is 27.6 Å². The first-order valence-corrected chi connectivity index (χ1v) is 40.5. The van der Waals surface area contributed by atoms with E-state index in [2.05, 4.69) is 62.1 Å². The second-order valence-corrected chi connectivity index (χ2v) is 33.1. The molecule has 0 bridgehead atoms. The molecule has 8 spiro atoms. The Balaban J connectivity index is 0.000000160. The van der Waals surface area contributed by atoms with Crippen molar-refractivity contribution in [2.24, 2.45) is 38.3 Å². The summed E-state index contributed by atoms with van der Waals surface area (Å²) in [6.45, 7) is 2.72. The van der Waals surface area contributed by atoms with Gasteiger partial charge in [-0.05, 0) is 234 Å². The van der Waals surface area contributed by atoms with E-state index in [0.29, 0.717) is 67.7 Å². The lowest BCUT2D eigenvalue weighted by molar-refractivity contribution is -0.139. The molecular formula is C85H112BrN13O16S. The van der Waals surface area contributed by atoms with Gasteiger partial charge in [-0.2, -0.15) is 15.8 Å². The number of thiocarbonyl (C=S) groups is 1. The Kier molecular flexibility index (Phi) is 28.9. The van der Waals surface area contributed by atoms with Crippen molar-refractivity contribution in [3.8, 4) is 18.2 Å². The van der Waals surface area contributed by atoms with Gasteiger partial charge in [-0.1, -0.05) is 47.6 Å². The van der Waals surface area contributed by atoms with Crippen molar-refractivity contribution in [3.05, 3.63) is 138 Å². The maximum atomic E-state index is 13.8. The second-order valence-electron chi connectivity index (χ2n) is 31.8. The van der Waals surface area contributed by atoms with Crippen molar-refractivity contribution in [2.45, 2.75) is 182 Å². The van der Waals surface area contributed by atoms with Crippen LogP contribution in [0.2, 0.25) is 0 Å². The van der Waals surface area contributed by atoms with Crippen LogP contribution in [-0.2, 0) is 105 Å². The fourth-order valence-electron chi connectivity index (χ4n) is 21.3. The Bertz CT molecular complexity index is 4330. The van der Waals surface area contributed by atoms with Crippen LogP contribution in [-0.4, -0.2) is 218 Å². The molecular weight excluding hydrogens is 1570 g/mol. The van der Waals surface area contributed by atoms with Gasteiger partial charge in [0.05, 0.1) is 112 Å². The third-order valence-corrected chi connectivity index (χ3v) is 27.9. The average molecular weight is 1680 g/mol. The minimum Gasteiger partial charge on any atom is -0.400 e. The third kappa shape index (κ3) is 15.0. The van der Waals surface area contributed by atoms with Crippen molar-refractivity contribution in [3.63, 3.8) is 0 Å². The van der Waals surface area contributed by atoms with Crippen LogP contribution in [0.4, 0.5) is 9.59 Å². The smallest absolute Gasteiger partial charge is 0.325 e. The number of fused-ring (bicyclic) bond motifs is 12. The molecule has 29 nitrogen and oxygen atoms in total. The Labute approximate surface area is 693 Å². The fourth-order valence-corrected chi connectivity index (χ4v) is 22.0. The number of benzene rings is 4. The number of nitrogens with one attached hydrogen (secondary N) is 3. The number of amides is 8. The molecule has 4 atom stereocenters. The van der Waals surface area contributed by atoms with Crippen LogP contribution in [0.3, 0.4) is 0 Å². The molecule has 4 aromatic carbocycles. The number of nitriles is 3. The van der Waals surface area contributed by atoms with E-state index in [1.54, 1.807) is 78.8 Å². The van der Waals surface area contributed by atoms with Gasteiger partial charge in [0.2, 0.25) is 0 Å². The van der Waals surface area contributed by atoms with Crippen LogP contribution in [0.25, 0.3) is 0 Å². The molecule has 7 fully saturated rings. The van der Waals surface area contributed by atoms with E-state index >= 15 is 0 Å². The van der Waals surface area contributed by atoms with Gasteiger partial charge in [-0.25, -0.2) is 20.5 Å². The number of nitrogens with zero attached hydrogens (tertiary/aromatic N) is 8. The number of hydrogen-bond donors (Lipinski definition) is 7. The standard InChI is InChI=1S/C21H26N4O3.C21H25N3O4.C21H25N3O3S.C20H25BrN2O4.CH4O.CH4.H3NO/c1-27-10-9-25-18(26)21(24-19(25)23)17-11-14(13-22)3-4-15(17)12-20(21)7-5-16(28-2)6-8-20;1-27-10-9-24-18(25)21(23-19(24)26)17-11-14(13-22)3-4-15(17)12-20(21)7-5-16(28-2)6-8-20;1-26-10-9-24-18(25)21(23-19(24)28)17-11-14(13-22)3-4-15(17)12-20(21)7-5-16(27-2)6-8-20;1-26-10-9-23-17(24)20(22-18(23)25)16-11-14(21)4-3-13(16)12-19(20)7-5-15(27-2)6-8-19;1-2;;1-2/h3-4,11,16H,5-10,12H2,1-2H3,(H2,23,24);3-4,11,16H,5-10,12H2,1-2H3,(H,23,26);3-4,11,16H,5-10,12H2,1-2H3,(H,23,28);3-4,11,15H,5-10,12H2,1-2H3,(H,22,25);2H,1H3;1H4;2H,1H2. The van der Waals surface area contributed by atoms with Crippen LogP contribution in [0.5, 0.6) is 0 Å². The highest BCUT2D eigenvalue weighted by Crippen LogP contribution is 2.65. The van der Waals surface area contributed by atoms with Gasteiger partial charge < -0.3 is 69.9 Å². The summed E-state index contributed by atoms with van der Waals surface area (Å²) in [5.74, 6) is 3.27. The number of imide groups is 2. The van der Waals surface area contributed by atoms with Crippen molar-refractivity contribution >= 4 is 74.9 Å². The summed E-state index contributed by atoms with van der Waals surface area (Å²) in [4.78, 5) is 91.2. The van der Waals surface area contributed by atoms with E-state index in [0.717, 1.165) is 178 Å². The zero-order valence-electron chi connectivity index (χ0n) is 67.2. The second kappa shape index (κ2) is 37.2. The number of rotatable bonds is 16. The molecule has 31 heteroatoms. The number of aliphatic imine (C=N–C) groups is 1. The molecule has 116 heavy (non-hydrogen) atoms. The van der Waals surface area contributed by atoms with Crippen LogP contribution in [0.1, 0.15) is 171 Å². The number of hydrogen-bond acceptors (Lipinski definition) is 23. The van der Waals surface area contributed by atoms with Crippen molar-refractivity contribution in [1.82, 2.24) is 35.6 Å². The lowest BCUT2D eigenvalue weighted by atomic mass is 9.61. The molecule has 3 saturated heterocycles. The predicted octanol–water partition coefficient (Wildman–Crippen LogP) is 8.57. The zero-order chi connectivity index (χ0) is 83.1. The maximum absolute atomic E-state index is 13.8. The van der Waals surface area contributed by atoms with Gasteiger partial charge >= 0.3 is 12.1 Å². The monoisotopic (exact) mass is 1680 g/mol. The van der Waals surface area contributed by atoms with Gasteiger partial charge in [0, 0.05) is 90.1 Å². The lowest BCUT2D eigenvalue weighted by Crippen LogP contribution is -2.56. The molecule has 4 saturated carbocycles. The predicted molar refractivity (Wildman–Crippen MR) is 436 cm³/mol. The number of carbonyl (C=O) groups is 6. The molecule has 4 heterocycles. The van der Waals surface area contributed by atoms with Crippen LogP contribution in [0, 0.1) is 55.7 Å². The minimum atomic E-state index is -1.11. The first-order valence-electron chi connectivity index (χ1n) is 39.3. The molecule has 4 aromatic rings. The minimum absolute atomic E-state index is 0. The molecule has 4 unspecified atom stereocenters. The number of aliphatic hydroxyl groups excluding tert-OH is 1. The maximum Gasteiger partial charge on any atom is 0.325 e. The molecule has 4 aliphatic heterocycles. The Morgan fingerprint density at radius 2 is 0.741 bits per heavy atom. The van der Waals surface area contributed by atoms with Gasteiger partial charge in [-0.15, -0.1) is 0 Å². The van der Waals surface area contributed by atoms with E-state index in [1.807, 2.05) is 54.6 Å². The van der Waals surface area contributed by atoms with E-state index in [-0.39, 0.29) is 103 Å². The SMILES string of the molecule is C.CO.COCCN1C(=O)C2(N=C1N)c1cc(C#N)ccc1CC21CCC(OC)CC1.COCCN1C(=O)C2(NC1=S)c1cc(C#N)ccc1CC21CCC(OC)CC1.COCCN1C(=O)NC2(C1=O)c1cc(Br)ccc1CC21CCC(OC)CC1.COCCN1C(=O)NC2(C1=O)c1cc(C#N)ccc1CC21CCC(OC)CC1.NO. The normalized spacial score (nSPS) is 30.3. The molecule has 8 amide bonds. The topological polar surface area (TPSA) is 402 Å². The zero-order valence-corrected chi connectivity index (χ0v) is 69.6. The Morgan fingerprint density at radius 1 is 0.448 bits per heavy atom. The van der Waals surface area contributed by atoms with Crippen molar-refractivity contribution in [2.75, 3.05) is 117 Å². The van der Waals surface area contributed by atoms with Gasteiger partial charge in [0.25, 0.3) is 23.6 Å². The summed E-state index contributed by atoms with van der Waals surface area (Å²) in [6, 6.07) is 28.8. The van der Waals surface area contributed by atoms with E-state index in [9.17, 15) is 44.6 Å². The quantitative estimate of drug-likeness (QED) is 0.0313. The summed E-state index contributed by atoms with van der Waals surface area (Å²) < 4.78 is 43.7. The summed E-state index contributed by atoms with van der Waals surface area (Å²) in [6.07, 6.45) is 17.7. The summed E-state index contributed by atoms with van der Waals surface area (Å²) in [7, 11) is 14.3. The van der Waals surface area contributed by atoms with Gasteiger partial charge in [0.1, 0.15) is 0 Å². The Hall–Kier alpha value is -8.43. The number of guanidine groups is 1. The summed E-state index contributed by atoms with van der Waals surface area (Å²) in [5.41, 5.74) is 10.4. The first kappa shape index (κ1) is 89.9. The third-order valence-electron chi connectivity index (χ3n) is 27.1. The van der Waals surface area contributed by atoms with Gasteiger partial charge in [0.15, 0.2) is 33.2 Å². The molecule has 8 aliphatic carbocycles. The number of halogens is 1. The van der Waals surface area contributed by atoms with Crippen LogP contribution >= 0.6 is 28.1 Å². The summed E-state index contributed by atoms with van der Waals surface area (Å²) >= 11 is 9.12. The largest absolute Gasteiger partial charge is 0.400 e. The Morgan fingerprint density at radius 3 is 1.09 bits per heavy atom. The number of methoxy groups -OCH3 is 8. The number of aliphatic hydroxyl groups is 1. The highest BCUT2D eigenvalue weighted by Gasteiger charge is 2.72. The number of urea groups is 2. The molecule has 9 N–H and O–H groups in total. The highest BCUT2D eigenvalue weighted by molar-refractivity contribution is 9.10. The van der Waals surface area contributed by atoms with E-state index in [1.165, 1.54) is 9.80 Å². The molecule has 0 aromatic heterocycles.